The molecule has 2 N–H and O–H groups in total. The lowest BCUT2D eigenvalue weighted by Gasteiger charge is -2.28. The molecule has 0 aliphatic carbocycles. The Kier molecular flexibility index (Phi) is 6.06. The highest BCUT2D eigenvalue weighted by Gasteiger charge is 2.14. The van der Waals surface area contributed by atoms with Crippen molar-refractivity contribution in [1.82, 2.24) is 0 Å². The maximum absolute atomic E-state index is 12.8. The summed E-state index contributed by atoms with van der Waals surface area (Å²) >= 11 is 0. The number of hydrogen-bond donors (Lipinski definition) is 2. The summed E-state index contributed by atoms with van der Waals surface area (Å²) in [6.45, 7) is 3.13. The molecule has 1 aliphatic rings. The molecule has 1 heterocycles. The van der Waals surface area contributed by atoms with Gasteiger partial charge in [0.2, 0.25) is 0 Å². The van der Waals surface area contributed by atoms with Gasteiger partial charge in [0.1, 0.15) is 0 Å². The first kappa shape index (κ1) is 19.7. The predicted molar refractivity (Wildman–Crippen MR) is 118 cm³/mol. The van der Waals surface area contributed by atoms with E-state index in [9.17, 15) is 9.59 Å². The third-order valence-electron chi connectivity index (χ3n) is 4.97. The molecule has 1 fully saturated rings. The molecular weight excluding hydrogens is 378 g/mol. The normalized spacial score (nSPS) is 13.5. The molecule has 1 saturated heterocycles. The van der Waals surface area contributed by atoms with Crippen LogP contribution in [0.4, 0.5) is 17.1 Å². The summed E-state index contributed by atoms with van der Waals surface area (Å²) in [6, 6.07) is 23.6. The molecule has 0 atom stereocenters. The van der Waals surface area contributed by atoms with E-state index < -0.39 is 0 Å². The Morgan fingerprint density at radius 1 is 0.667 bits per heavy atom. The van der Waals surface area contributed by atoms with Crippen molar-refractivity contribution in [3.8, 4) is 0 Å². The van der Waals surface area contributed by atoms with Gasteiger partial charge in [0.25, 0.3) is 11.8 Å². The van der Waals surface area contributed by atoms with Crippen LogP contribution in [0.25, 0.3) is 0 Å². The summed E-state index contributed by atoms with van der Waals surface area (Å²) in [4.78, 5) is 27.5. The van der Waals surface area contributed by atoms with Crippen LogP contribution < -0.4 is 15.5 Å². The quantitative estimate of drug-likeness (QED) is 0.677. The Morgan fingerprint density at radius 3 is 1.73 bits per heavy atom. The first-order valence-corrected chi connectivity index (χ1v) is 9.90. The van der Waals surface area contributed by atoms with Gasteiger partial charge in [-0.05, 0) is 48.5 Å². The summed E-state index contributed by atoms with van der Waals surface area (Å²) in [5, 5.41) is 5.76. The maximum Gasteiger partial charge on any atom is 0.255 e. The van der Waals surface area contributed by atoms with Crippen LogP contribution in [0.5, 0.6) is 0 Å². The first-order chi connectivity index (χ1) is 14.7. The average Bonchev–Trinajstić information content (AvgIpc) is 2.81. The van der Waals surface area contributed by atoms with Crippen molar-refractivity contribution in [2.24, 2.45) is 0 Å². The molecule has 4 rings (SSSR count). The van der Waals surface area contributed by atoms with Crippen LogP contribution in [0.15, 0.2) is 78.9 Å². The lowest BCUT2D eigenvalue weighted by atomic mass is 10.1. The second-order valence-electron chi connectivity index (χ2n) is 6.97. The maximum atomic E-state index is 12.8. The summed E-state index contributed by atoms with van der Waals surface area (Å²) in [5.74, 6) is -0.461. The highest BCUT2D eigenvalue weighted by molar-refractivity contribution is 6.10. The summed E-state index contributed by atoms with van der Waals surface area (Å²) in [5.41, 5.74) is 3.27. The lowest BCUT2D eigenvalue weighted by molar-refractivity contribution is 0.101. The van der Waals surface area contributed by atoms with E-state index in [1.165, 1.54) is 0 Å². The van der Waals surface area contributed by atoms with Gasteiger partial charge in [0, 0.05) is 29.9 Å². The Labute approximate surface area is 175 Å². The van der Waals surface area contributed by atoms with Crippen molar-refractivity contribution >= 4 is 28.9 Å². The van der Waals surface area contributed by atoms with Crippen LogP contribution >= 0.6 is 0 Å². The molecular formula is C24H23N3O3. The minimum atomic E-state index is -0.232. The van der Waals surface area contributed by atoms with Gasteiger partial charge >= 0.3 is 0 Å². The second-order valence-corrected chi connectivity index (χ2v) is 6.97. The van der Waals surface area contributed by atoms with E-state index in [2.05, 4.69) is 15.5 Å². The van der Waals surface area contributed by atoms with Gasteiger partial charge < -0.3 is 20.3 Å². The van der Waals surface area contributed by atoms with Crippen LogP contribution in [0, 0.1) is 0 Å². The zero-order valence-electron chi connectivity index (χ0n) is 16.5. The highest BCUT2D eigenvalue weighted by atomic mass is 16.5. The Balaban J connectivity index is 1.45. The zero-order valence-corrected chi connectivity index (χ0v) is 16.5. The number of amides is 2. The number of ether oxygens (including phenoxy) is 1. The summed E-state index contributed by atoms with van der Waals surface area (Å²) < 4.78 is 5.38. The fourth-order valence-corrected chi connectivity index (χ4v) is 3.32. The molecule has 3 aromatic carbocycles. The molecule has 30 heavy (non-hydrogen) atoms. The zero-order chi connectivity index (χ0) is 20.8. The van der Waals surface area contributed by atoms with E-state index in [-0.39, 0.29) is 11.8 Å². The number of carbonyl (C=O) groups excluding carboxylic acids is 2. The van der Waals surface area contributed by atoms with Gasteiger partial charge in [-0.15, -0.1) is 0 Å². The van der Waals surface area contributed by atoms with Crippen LogP contribution in [-0.4, -0.2) is 38.1 Å². The minimum absolute atomic E-state index is 0.229. The molecule has 152 valence electrons. The third-order valence-corrected chi connectivity index (χ3v) is 4.97. The van der Waals surface area contributed by atoms with Gasteiger partial charge in [0.15, 0.2) is 0 Å². The molecule has 2 amide bonds. The molecule has 6 nitrogen and oxygen atoms in total. The van der Waals surface area contributed by atoms with Crippen LogP contribution in [0.1, 0.15) is 20.7 Å². The molecule has 0 aromatic heterocycles. The Hall–Kier alpha value is -3.64. The molecule has 0 unspecified atom stereocenters. The summed E-state index contributed by atoms with van der Waals surface area (Å²) in [7, 11) is 0. The van der Waals surface area contributed by atoms with Crippen LogP contribution in [0.3, 0.4) is 0 Å². The number of morpholine rings is 1. The number of nitrogens with zero attached hydrogens (tertiary/aromatic N) is 1. The minimum Gasteiger partial charge on any atom is -0.378 e. The molecule has 0 spiro atoms. The van der Waals surface area contributed by atoms with Gasteiger partial charge in [-0.25, -0.2) is 0 Å². The standard InChI is InChI=1S/C24H23N3O3/c28-23(18-6-2-1-3-7-18)25-21-8-4-5-9-22(21)26-24(29)19-10-12-20(13-11-19)27-14-16-30-17-15-27/h1-13H,14-17H2,(H,25,28)(H,26,29). The number of para-hydroxylation sites is 2. The van der Waals surface area contributed by atoms with Crippen LogP contribution in [0.2, 0.25) is 0 Å². The molecule has 1 aliphatic heterocycles. The van der Waals surface area contributed by atoms with Crippen molar-refractivity contribution < 1.29 is 14.3 Å². The monoisotopic (exact) mass is 401 g/mol. The number of nitrogens with one attached hydrogen (secondary N) is 2. The van der Waals surface area contributed by atoms with Gasteiger partial charge in [-0.3, -0.25) is 9.59 Å². The third kappa shape index (κ3) is 4.67. The predicted octanol–water partition coefficient (Wildman–Crippen LogP) is 4.03. The van der Waals surface area contributed by atoms with Crippen molar-refractivity contribution in [3.63, 3.8) is 0 Å². The highest BCUT2D eigenvalue weighted by Crippen LogP contribution is 2.23. The van der Waals surface area contributed by atoms with Crippen molar-refractivity contribution in [1.29, 1.82) is 0 Å². The van der Waals surface area contributed by atoms with E-state index >= 15 is 0 Å². The smallest absolute Gasteiger partial charge is 0.255 e. The molecule has 6 heteroatoms. The van der Waals surface area contributed by atoms with Crippen molar-refractivity contribution in [2.45, 2.75) is 0 Å². The van der Waals surface area contributed by atoms with Gasteiger partial charge in [-0.2, -0.15) is 0 Å². The topological polar surface area (TPSA) is 70.7 Å². The first-order valence-electron chi connectivity index (χ1n) is 9.90. The molecule has 3 aromatic rings. The van der Waals surface area contributed by atoms with Crippen molar-refractivity contribution in [2.75, 3.05) is 41.8 Å². The molecule has 0 bridgehead atoms. The van der Waals surface area contributed by atoms with Gasteiger partial charge in [0.05, 0.1) is 24.6 Å². The van der Waals surface area contributed by atoms with E-state index in [1.807, 2.05) is 54.6 Å². The van der Waals surface area contributed by atoms with Gasteiger partial charge in [-0.1, -0.05) is 30.3 Å². The SMILES string of the molecule is O=C(Nc1ccccc1NC(=O)c1ccc(N2CCOCC2)cc1)c1ccccc1. The fraction of sp³-hybridized carbons (Fsp3) is 0.167. The van der Waals surface area contributed by atoms with E-state index in [0.29, 0.717) is 35.7 Å². The second kappa shape index (κ2) is 9.24. The Morgan fingerprint density at radius 2 is 1.17 bits per heavy atom. The number of carbonyl (C=O) groups is 2. The lowest BCUT2D eigenvalue weighted by Crippen LogP contribution is -2.36. The molecule has 0 radical (unpaired) electrons. The van der Waals surface area contributed by atoms with E-state index in [1.54, 1.807) is 24.3 Å². The Bertz CT molecular complexity index is 1010. The largest absolute Gasteiger partial charge is 0.378 e. The van der Waals surface area contributed by atoms with E-state index in [0.717, 1.165) is 18.8 Å². The molecule has 0 saturated carbocycles. The van der Waals surface area contributed by atoms with Crippen LogP contribution in [-0.2, 0) is 4.74 Å². The number of benzene rings is 3. The number of hydrogen-bond acceptors (Lipinski definition) is 4. The number of anilines is 3. The average molecular weight is 401 g/mol. The van der Waals surface area contributed by atoms with Crippen molar-refractivity contribution in [3.05, 3.63) is 90.0 Å². The fourth-order valence-electron chi connectivity index (χ4n) is 3.32. The summed E-state index contributed by atoms with van der Waals surface area (Å²) in [6.07, 6.45) is 0. The van der Waals surface area contributed by atoms with E-state index in [4.69, 9.17) is 4.74 Å². The number of rotatable bonds is 5.